The number of rotatable bonds is 5. The third-order valence-electron chi connectivity index (χ3n) is 3.71. The smallest absolute Gasteiger partial charge is 0.433 e. The number of hydrogen-bond donors (Lipinski definition) is 1. The normalized spacial score (nSPS) is 14.0. The van der Waals surface area contributed by atoms with E-state index in [1.165, 1.54) is 30.2 Å². The van der Waals surface area contributed by atoms with E-state index in [0.29, 0.717) is 5.75 Å². The molecule has 0 fully saturated rings. The minimum absolute atomic E-state index is 0.169. The van der Waals surface area contributed by atoms with E-state index in [9.17, 15) is 18.3 Å². The highest BCUT2D eigenvalue weighted by Gasteiger charge is 2.41. The van der Waals surface area contributed by atoms with Crippen molar-refractivity contribution in [2.24, 2.45) is 0 Å². The van der Waals surface area contributed by atoms with Crippen LogP contribution >= 0.6 is 15.9 Å². The van der Waals surface area contributed by atoms with E-state index in [2.05, 4.69) is 31.1 Å². The summed E-state index contributed by atoms with van der Waals surface area (Å²) in [5.74, 6) is 0.108. The maximum Gasteiger partial charge on any atom is 0.433 e. The van der Waals surface area contributed by atoms with E-state index < -0.39 is 17.5 Å². The summed E-state index contributed by atoms with van der Waals surface area (Å²) in [6.45, 7) is 1.10. The molecule has 3 aromatic rings. The van der Waals surface area contributed by atoms with Crippen LogP contribution in [-0.2, 0) is 18.3 Å². The topological polar surface area (TPSA) is 73.1 Å². The summed E-state index contributed by atoms with van der Waals surface area (Å²) in [4.78, 5) is 3.60. The number of nitrogens with zero attached hydrogens (tertiary/aromatic N) is 4. The first-order chi connectivity index (χ1) is 12.6. The van der Waals surface area contributed by atoms with Crippen molar-refractivity contribution < 1.29 is 23.0 Å². The Kier molecular flexibility index (Phi) is 5.20. The molecule has 0 aliphatic carbocycles. The first kappa shape index (κ1) is 19.3. The van der Waals surface area contributed by atoms with E-state index in [4.69, 9.17) is 4.74 Å². The Morgan fingerprint density at radius 2 is 1.70 bits per heavy atom. The molecule has 0 saturated heterocycles. The standard InChI is InChI=1S/C17H14BrF3N4O2/c1-16(26,8-25-9-22-23-10-25)13-6-7-14(24-15(13)17(19,20)21)27-12-4-2-11(18)3-5-12/h2-7,9-10,26H,8H2,1H3. The first-order valence-electron chi connectivity index (χ1n) is 7.72. The maximum atomic E-state index is 13.6. The summed E-state index contributed by atoms with van der Waals surface area (Å²) < 4.78 is 48.3. The summed E-state index contributed by atoms with van der Waals surface area (Å²) in [6.07, 6.45) is -2.16. The molecular weight excluding hydrogens is 429 g/mol. The van der Waals surface area contributed by atoms with Gasteiger partial charge in [-0.1, -0.05) is 15.9 Å². The molecular formula is C17H14BrF3N4O2. The number of benzene rings is 1. The van der Waals surface area contributed by atoms with Crippen LogP contribution in [0.15, 0.2) is 53.5 Å². The molecule has 1 atom stereocenters. The van der Waals surface area contributed by atoms with Crippen LogP contribution in [0.2, 0.25) is 0 Å². The second-order valence-corrected chi connectivity index (χ2v) is 6.92. The highest BCUT2D eigenvalue weighted by molar-refractivity contribution is 9.10. The lowest BCUT2D eigenvalue weighted by Gasteiger charge is -2.27. The van der Waals surface area contributed by atoms with Gasteiger partial charge < -0.3 is 14.4 Å². The minimum Gasteiger partial charge on any atom is -0.439 e. The second kappa shape index (κ2) is 7.28. The van der Waals surface area contributed by atoms with Gasteiger partial charge in [0, 0.05) is 16.1 Å². The van der Waals surface area contributed by atoms with Crippen LogP contribution in [0.5, 0.6) is 11.6 Å². The summed E-state index contributed by atoms with van der Waals surface area (Å²) >= 11 is 3.27. The molecule has 0 amide bonds. The molecule has 1 N–H and O–H groups in total. The summed E-state index contributed by atoms with van der Waals surface area (Å²) in [5.41, 5.74) is -3.43. The van der Waals surface area contributed by atoms with Crippen LogP contribution in [-0.4, -0.2) is 24.9 Å². The third kappa shape index (κ3) is 4.64. The molecule has 0 saturated carbocycles. The Morgan fingerprint density at radius 1 is 1.07 bits per heavy atom. The molecule has 6 nitrogen and oxygen atoms in total. The zero-order valence-electron chi connectivity index (χ0n) is 14.0. The number of aliphatic hydroxyl groups is 1. The lowest BCUT2D eigenvalue weighted by molar-refractivity contribution is -0.144. The SMILES string of the molecule is CC(O)(Cn1cnnc1)c1ccc(Oc2ccc(Br)cc2)nc1C(F)(F)F. The third-order valence-corrected chi connectivity index (χ3v) is 4.24. The molecule has 1 aromatic carbocycles. The Morgan fingerprint density at radius 3 is 2.30 bits per heavy atom. The van der Waals surface area contributed by atoms with Gasteiger partial charge >= 0.3 is 6.18 Å². The molecule has 0 radical (unpaired) electrons. The van der Waals surface area contributed by atoms with Crippen molar-refractivity contribution in [1.29, 1.82) is 0 Å². The van der Waals surface area contributed by atoms with Gasteiger partial charge in [-0.15, -0.1) is 10.2 Å². The van der Waals surface area contributed by atoms with E-state index in [0.717, 1.165) is 10.5 Å². The Labute approximate surface area is 160 Å². The summed E-state index contributed by atoms with van der Waals surface area (Å²) in [5, 5.41) is 17.8. The summed E-state index contributed by atoms with van der Waals surface area (Å²) in [6, 6.07) is 9.02. The number of ether oxygens (including phenoxy) is 1. The maximum absolute atomic E-state index is 13.6. The van der Waals surface area contributed by atoms with Gasteiger partial charge in [0.1, 0.15) is 24.0 Å². The van der Waals surface area contributed by atoms with Crippen LogP contribution in [0.1, 0.15) is 18.2 Å². The quantitative estimate of drug-likeness (QED) is 0.642. The average Bonchev–Trinajstić information content (AvgIpc) is 3.08. The molecule has 27 heavy (non-hydrogen) atoms. The van der Waals surface area contributed by atoms with Gasteiger partial charge in [0.2, 0.25) is 5.88 Å². The van der Waals surface area contributed by atoms with Gasteiger partial charge in [-0.25, -0.2) is 4.98 Å². The molecule has 2 aromatic heterocycles. The highest BCUT2D eigenvalue weighted by atomic mass is 79.9. The van der Waals surface area contributed by atoms with Gasteiger partial charge in [0.15, 0.2) is 5.69 Å². The van der Waals surface area contributed by atoms with Crippen LogP contribution in [0, 0.1) is 0 Å². The van der Waals surface area contributed by atoms with Crippen LogP contribution in [0.4, 0.5) is 13.2 Å². The van der Waals surface area contributed by atoms with Gasteiger partial charge in [-0.05, 0) is 37.3 Å². The predicted octanol–water partition coefficient (Wildman–Crippen LogP) is 4.15. The molecule has 10 heteroatoms. The van der Waals surface area contributed by atoms with Crippen LogP contribution < -0.4 is 4.74 Å². The molecule has 142 valence electrons. The highest BCUT2D eigenvalue weighted by Crippen LogP contribution is 2.38. The summed E-state index contributed by atoms with van der Waals surface area (Å²) in [7, 11) is 0. The number of alkyl halides is 3. The van der Waals surface area contributed by atoms with E-state index >= 15 is 0 Å². The van der Waals surface area contributed by atoms with Crippen molar-refractivity contribution >= 4 is 15.9 Å². The van der Waals surface area contributed by atoms with Crippen molar-refractivity contribution in [2.75, 3.05) is 0 Å². The fourth-order valence-corrected chi connectivity index (χ4v) is 2.78. The van der Waals surface area contributed by atoms with E-state index in [-0.39, 0.29) is 18.0 Å². The van der Waals surface area contributed by atoms with Crippen LogP contribution in [0.3, 0.4) is 0 Å². The molecule has 0 aliphatic rings. The van der Waals surface area contributed by atoms with E-state index in [1.54, 1.807) is 24.3 Å². The van der Waals surface area contributed by atoms with Crippen molar-refractivity contribution in [3.63, 3.8) is 0 Å². The van der Waals surface area contributed by atoms with Crippen molar-refractivity contribution in [3.05, 3.63) is 64.8 Å². The monoisotopic (exact) mass is 442 g/mol. The fourth-order valence-electron chi connectivity index (χ4n) is 2.52. The number of halogens is 4. The Balaban J connectivity index is 1.95. The van der Waals surface area contributed by atoms with Gasteiger partial charge in [0.25, 0.3) is 0 Å². The first-order valence-corrected chi connectivity index (χ1v) is 8.51. The number of hydrogen-bond acceptors (Lipinski definition) is 5. The molecule has 1 unspecified atom stereocenters. The largest absolute Gasteiger partial charge is 0.439 e. The minimum atomic E-state index is -4.77. The lowest BCUT2D eigenvalue weighted by Crippen LogP contribution is -2.31. The van der Waals surface area contributed by atoms with Crippen molar-refractivity contribution in [3.8, 4) is 11.6 Å². The Bertz CT molecular complexity index is 913. The van der Waals surface area contributed by atoms with Gasteiger partial charge in [-0.3, -0.25) is 0 Å². The van der Waals surface area contributed by atoms with E-state index in [1.807, 2.05) is 0 Å². The van der Waals surface area contributed by atoms with Crippen molar-refractivity contribution in [2.45, 2.75) is 25.2 Å². The number of pyridine rings is 1. The fraction of sp³-hybridized carbons (Fsp3) is 0.235. The number of aromatic nitrogens is 4. The molecule has 3 rings (SSSR count). The predicted molar refractivity (Wildman–Crippen MR) is 93.0 cm³/mol. The van der Waals surface area contributed by atoms with Gasteiger partial charge in [-0.2, -0.15) is 13.2 Å². The Hall–Kier alpha value is -2.46. The zero-order valence-corrected chi connectivity index (χ0v) is 15.6. The average molecular weight is 443 g/mol. The zero-order chi connectivity index (χ0) is 19.7. The lowest BCUT2D eigenvalue weighted by atomic mass is 9.94. The molecule has 0 spiro atoms. The second-order valence-electron chi connectivity index (χ2n) is 6.01. The van der Waals surface area contributed by atoms with Gasteiger partial charge in [0.05, 0.1) is 6.54 Å². The molecule has 0 bridgehead atoms. The van der Waals surface area contributed by atoms with Crippen LogP contribution in [0.25, 0.3) is 0 Å². The molecule has 0 aliphatic heterocycles. The molecule has 2 heterocycles. The van der Waals surface area contributed by atoms with Crippen molar-refractivity contribution in [1.82, 2.24) is 19.7 Å².